The molecule has 1 aromatic carbocycles. The minimum absolute atomic E-state index is 0. The molecule has 2 atom stereocenters. The van der Waals surface area contributed by atoms with E-state index in [9.17, 15) is 14.4 Å². The van der Waals surface area contributed by atoms with Crippen LogP contribution in [0, 0.1) is 0 Å². The Bertz CT molecular complexity index is 1190. The third kappa shape index (κ3) is 7.78. The third-order valence-corrected chi connectivity index (χ3v) is 7.40. The lowest BCUT2D eigenvalue weighted by atomic mass is 9.90. The SMILES string of the molecule is CN(Cc1ccc(-n2ccc(NC(=O)N3CCN(C(=O)C(C)(C)N)CC3)nc2=O)cc1)C1CCCC(N)C1.Cl. The van der Waals surface area contributed by atoms with E-state index < -0.39 is 11.2 Å². The van der Waals surface area contributed by atoms with Gasteiger partial charge in [0.05, 0.1) is 11.2 Å². The van der Waals surface area contributed by atoms with Gasteiger partial charge in [0.25, 0.3) is 0 Å². The standard InChI is InChI=1S/C27H40N8O3.ClH/c1-27(2,29)24(36)33-13-15-34(16-14-33)25(37)30-23-11-12-35(26(38)31-23)21-9-7-19(8-10-21)18-32(3)22-6-4-5-20(28)17-22;/h7-12,20,22H,4-6,13-18,28-29H2,1-3H3,(H,30,31,37,38);1H. The maximum Gasteiger partial charge on any atom is 0.354 e. The number of halogens is 1. The van der Waals surface area contributed by atoms with Crippen molar-refractivity contribution in [3.05, 3.63) is 52.6 Å². The summed E-state index contributed by atoms with van der Waals surface area (Å²) in [5, 5.41) is 2.69. The van der Waals surface area contributed by atoms with E-state index in [1.165, 1.54) is 17.4 Å². The number of hydrogen-bond acceptors (Lipinski definition) is 7. The minimum Gasteiger partial charge on any atom is -0.338 e. The Morgan fingerprint density at radius 3 is 2.31 bits per heavy atom. The quantitative estimate of drug-likeness (QED) is 0.488. The molecule has 2 heterocycles. The summed E-state index contributed by atoms with van der Waals surface area (Å²) in [6.45, 7) is 5.72. The summed E-state index contributed by atoms with van der Waals surface area (Å²) in [5.41, 5.74) is 12.5. The molecule has 39 heavy (non-hydrogen) atoms. The summed E-state index contributed by atoms with van der Waals surface area (Å²) in [5.74, 6) is 0.0404. The number of nitrogens with one attached hydrogen (secondary N) is 1. The molecule has 3 amide bonds. The van der Waals surface area contributed by atoms with Crippen molar-refractivity contribution in [2.24, 2.45) is 11.5 Å². The molecule has 1 aromatic heterocycles. The van der Waals surface area contributed by atoms with Crippen LogP contribution in [-0.2, 0) is 11.3 Å². The van der Waals surface area contributed by atoms with Gasteiger partial charge in [-0.2, -0.15) is 4.98 Å². The van der Waals surface area contributed by atoms with Crippen LogP contribution in [0.4, 0.5) is 10.6 Å². The van der Waals surface area contributed by atoms with Gasteiger partial charge in [-0.1, -0.05) is 18.6 Å². The maximum atomic E-state index is 12.7. The number of rotatable bonds is 6. The van der Waals surface area contributed by atoms with E-state index in [4.69, 9.17) is 11.5 Å². The zero-order valence-corrected chi connectivity index (χ0v) is 23.8. The number of aromatic nitrogens is 2. The normalized spacial score (nSPS) is 19.9. The largest absolute Gasteiger partial charge is 0.354 e. The van der Waals surface area contributed by atoms with Gasteiger partial charge >= 0.3 is 11.7 Å². The molecule has 1 saturated carbocycles. The highest BCUT2D eigenvalue weighted by molar-refractivity contribution is 5.89. The molecule has 0 bridgehead atoms. The van der Waals surface area contributed by atoms with E-state index >= 15 is 0 Å². The van der Waals surface area contributed by atoms with Gasteiger partial charge in [0.15, 0.2) is 0 Å². The summed E-state index contributed by atoms with van der Waals surface area (Å²) in [4.78, 5) is 47.4. The first-order chi connectivity index (χ1) is 18.0. The Kier molecular flexibility index (Phi) is 10.1. The zero-order valence-electron chi connectivity index (χ0n) is 23.0. The van der Waals surface area contributed by atoms with Crippen LogP contribution in [0.3, 0.4) is 0 Å². The topological polar surface area (TPSA) is 143 Å². The second-order valence-corrected chi connectivity index (χ2v) is 11.1. The number of piperazine rings is 1. The van der Waals surface area contributed by atoms with Crippen LogP contribution in [0.25, 0.3) is 5.69 Å². The second kappa shape index (κ2) is 12.9. The lowest BCUT2D eigenvalue weighted by Gasteiger charge is -2.37. The fourth-order valence-electron chi connectivity index (χ4n) is 5.16. The number of amides is 3. The summed E-state index contributed by atoms with van der Waals surface area (Å²) in [6.07, 6.45) is 6.09. The van der Waals surface area contributed by atoms with Crippen LogP contribution < -0.4 is 22.5 Å². The van der Waals surface area contributed by atoms with Crippen LogP contribution >= 0.6 is 12.4 Å². The Balaban J connectivity index is 0.00000420. The Hall–Kier alpha value is -2.99. The fourth-order valence-corrected chi connectivity index (χ4v) is 5.16. The van der Waals surface area contributed by atoms with Gasteiger partial charge in [0, 0.05) is 51.0 Å². The molecule has 1 aliphatic carbocycles. The summed E-state index contributed by atoms with van der Waals surface area (Å²) in [7, 11) is 2.14. The predicted octanol–water partition coefficient (Wildman–Crippen LogP) is 1.77. The van der Waals surface area contributed by atoms with E-state index in [1.54, 1.807) is 35.9 Å². The van der Waals surface area contributed by atoms with Crippen LogP contribution in [0.5, 0.6) is 0 Å². The number of benzene rings is 1. The van der Waals surface area contributed by atoms with E-state index in [1.807, 2.05) is 24.3 Å². The molecule has 1 aliphatic heterocycles. The lowest BCUT2D eigenvalue weighted by molar-refractivity contribution is -0.137. The lowest BCUT2D eigenvalue weighted by Crippen LogP contribution is -2.58. The number of nitrogens with two attached hydrogens (primary N) is 2. The van der Waals surface area contributed by atoms with Crippen molar-refractivity contribution in [3.8, 4) is 5.69 Å². The van der Waals surface area contributed by atoms with E-state index in [-0.39, 0.29) is 36.2 Å². The molecule has 2 aliphatic rings. The number of nitrogens with zero attached hydrogens (tertiary/aromatic N) is 5. The molecule has 1 saturated heterocycles. The first kappa shape index (κ1) is 30.6. The number of urea groups is 1. The smallest absolute Gasteiger partial charge is 0.338 e. The van der Waals surface area contributed by atoms with E-state index in [2.05, 4.69) is 22.2 Å². The first-order valence-corrected chi connectivity index (χ1v) is 13.3. The van der Waals surface area contributed by atoms with Gasteiger partial charge in [-0.05, 0) is 63.9 Å². The van der Waals surface area contributed by atoms with Gasteiger partial charge < -0.3 is 21.3 Å². The monoisotopic (exact) mass is 560 g/mol. The highest BCUT2D eigenvalue weighted by atomic mass is 35.5. The van der Waals surface area contributed by atoms with Crippen molar-refractivity contribution in [2.75, 3.05) is 38.5 Å². The van der Waals surface area contributed by atoms with Crippen molar-refractivity contribution >= 4 is 30.2 Å². The van der Waals surface area contributed by atoms with E-state index in [0.717, 1.165) is 24.9 Å². The van der Waals surface area contributed by atoms with Gasteiger partial charge in [-0.15, -0.1) is 12.4 Å². The first-order valence-electron chi connectivity index (χ1n) is 13.3. The molecular formula is C27H41ClN8O3. The molecule has 0 spiro atoms. The summed E-state index contributed by atoms with van der Waals surface area (Å²) < 4.78 is 1.45. The Morgan fingerprint density at radius 2 is 1.72 bits per heavy atom. The second-order valence-electron chi connectivity index (χ2n) is 11.1. The van der Waals surface area contributed by atoms with E-state index in [0.29, 0.717) is 37.9 Å². The van der Waals surface area contributed by atoms with Gasteiger partial charge in [-0.3, -0.25) is 19.6 Å². The molecule has 2 fully saturated rings. The van der Waals surface area contributed by atoms with Gasteiger partial charge in [0.2, 0.25) is 5.91 Å². The molecular weight excluding hydrogens is 520 g/mol. The van der Waals surface area contributed by atoms with Crippen LogP contribution in [0.15, 0.2) is 41.3 Å². The van der Waals surface area contributed by atoms with Crippen LogP contribution in [0.2, 0.25) is 0 Å². The number of anilines is 1. The van der Waals surface area contributed by atoms with Crippen molar-refractivity contribution < 1.29 is 9.59 Å². The average Bonchev–Trinajstić information content (AvgIpc) is 2.88. The third-order valence-electron chi connectivity index (χ3n) is 7.40. The summed E-state index contributed by atoms with van der Waals surface area (Å²) in [6, 6.07) is 9.87. The molecule has 5 N–H and O–H groups in total. The highest BCUT2D eigenvalue weighted by Gasteiger charge is 2.31. The zero-order chi connectivity index (χ0) is 27.4. The fraction of sp³-hybridized carbons (Fsp3) is 0.556. The van der Waals surface area contributed by atoms with Crippen molar-refractivity contribution in [1.82, 2.24) is 24.3 Å². The number of carbonyl (C=O) groups excluding carboxylic acids is 2. The molecule has 4 rings (SSSR count). The van der Waals surface area contributed by atoms with Crippen molar-refractivity contribution in [1.29, 1.82) is 0 Å². The minimum atomic E-state index is -0.946. The number of hydrogen-bond donors (Lipinski definition) is 3. The van der Waals surface area contributed by atoms with Crippen molar-refractivity contribution in [2.45, 2.75) is 63.7 Å². The predicted molar refractivity (Wildman–Crippen MR) is 154 cm³/mol. The Labute approximate surface area is 235 Å². The van der Waals surface area contributed by atoms with Gasteiger partial charge in [0.1, 0.15) is 5.82 Å². The molecule has 214 valence electrons. The molecule has 11 nitrogen and oxygen atoms in total. The maximum absolute atomic E-state index is 12.7. The highest BCUT2D eigenvalue weighted by Crippen LogP contribution is 2.22. The van der Waals surface area contributed by atoms with Gasteiger partial charge in [-0.25, -0.2) is 9.59 Å². The Morgan fingerprint density at radius 1 is 1.08 bits per heavy atom. The average molecular weight is 561 g/mol. The molecule has 2 unspecified atom stereocenters. The summed E-state index contributed by atoms with van der Waals surface area (Å²) >= 11 is 0. The molecule has 12 heteroatoms. The van der Waals surface area contributed by atoms with Crippen molar-refractivity contribution in [3.63, 3.8) is 0 Å². The number of carbonyl (C=O) groups is 2. The molecule has 0 radical (unpaired) electrons. The van der Waals surface area contributed by atoms with Crippen LogP contribution in [0.1, 0.15) is 45.1 Å². The van der Waals surface area contributed by atoms with Crippen LogP contribution in [-0.4, -0.2) is 87.0 Å². The molecule has 2 aromatic rings.